The predicted molar refractivity (Wildman–Crippen MR) is 77.0 cm³/mol. The van der Waals surface area contributed by atoms with Crippen molar-refractivity contribution >= 4 is 0 Å². The second-order valence-corrected chi connectivity index (χ2v) is 5.36. The fourth-order valence-electron chi connectivity index (χ4n) is 2.74. The van der Waals surface area contributed by atoms with Gasteiger partial charge in [0.05, 0.1) is 0 Å². The summed E-state index contributed by atoms with van der Waals surface area (Å²) in [5.41, 5.74) is 8.62. The average Bonchev–Trinajstić information content (AvgIpc) is 2.49. The maximum Gasteiger partial charge on any atom is 0.165 e. The van der Waals surface area contributed by atoms with Crippen molar-refractivity contribution in [3.63, 3.8) is 0 Å². The van der Waals surface area contributed by atoms with Crippen LogP contribution in [-0.2, 0) is 13.0 Å². The van der Waals surface area contributed by atoms with E-state index in [1.54, 1.807) is 0 Å². The molecule has 21 heavy (non-hydrogen) atoms. The number of halogens is 2. The van der Waals surface area contributed by atoms with E-state index >= 15 is 0 Å². The van der Waals surface area contributed by atoms with Crippen molar-refractivity contribution in [1.29, 1.82) is 0 Å². The molecule has 1 unspecified atom stereocenters. The minimum Gasteiger partial charge on any atom is -0.489 e. The van der Waals surface area contributed by atoms with E-state index in [0.29, 0.717) is 5.75 Å². The molecule has 0 fully saturated rings. The van der Waals surface area contributed by atoms with Gasteiger partial charge in [-0.2, -0.15) is 0 Å². The molecular formula is C17H17F2NO. The Bertz CT molecular complexity index is 657. The van der Waals surface area contributed by atoms with Gasteiger partial charge in [-0.1, -0.05) is 18.2 Å². The van der Waals surface area contributed by atoms with E-state index in [1.807, 2.05) is 18.2 Å². The molecule has 0 bridgehead atoms. The maximum absolute atomic E-state index is 13.6. The van der Waals surface area contributed by atoms with Gasteiger partial charge in [-0.25, -0.2) is 8.78 Å². The Morgan fingerprint density at radius 2 is 2.05 bits per heavy atom. The van der Waals surface area contributed by atoms with Crippen LogP contribution < -0.4 is 10.5 Å². The van der Waals surface area contributed by atoms with E-state index in [9.17, 15) is 8.78 Å². The summed E-state index contributed by atoms with van der Waals surface area (Å²) in [6.45, 7) is 0.00837. The van der Waals surface area contributed by atoms with Gasteiger partial charge in [-0.3, -0.25) is 0 Å². The minimum absolute atomic E-state index is 0.00837. The van der Waals surface area contributed by atoms with Gasteiger partial charge in [-0.15, -0.1) is 0 Å². The highest BCUT2D eigenvalue weighted by molar-refractivity contribution is 5.39. The quantitative estimate of drug-likeness (QED) is 0.930. The van der Waals surface area contributed by atoms with Crippen LogP contribution in [0.25, 0.3) is 0 Å². The summed E-state index contributed by atoms with van der Waals surface area (Å²) < 4.78 is 32.3. The highest BCUT2D eigenvalue weighted by atomic mass is 19.2. The third-order valence-corrected chi connectivity index (χ3v) is 3.90. The summed E-state index contributed by atoms with van der Waals surface area (Å²) in [4.78, 5) is 0. The SMILES string of the molecule is NC1CCCc2cc(OCc3cccc(F)c3F)ccc21. The number of aryl methyl sites for hydroxylation is 1. The maximum atomic E-state index is 13.6. The Morgan fingerprint density at radius 1 is 1.19 bits per heavy atom. The molecule has 1 aliphatic rings. The number of rotatable bonds is 3. The second kappa shape index (κ2) is 5.82. The first-order chi connectivity index (χ1) is 10.1. The predicted octanol–water partition coefficient (Wildman–Crippen LogP) is 3.88. The van der Waals surface area contributed by atoms with Crippen LogP contribution in [-0.4, -0.2) is 0 Å². The molecule has 110 valence electrons. The molecule has 0 amide bonds. The molecule has 0 aromatic heterocycles. The number of benzene rings is 2. The molecule has 0 radical (unpaired) electrons. The largest absolute Gasteiger partial charge is 0.489 e. The fraction of sp³-hybridized carbons (Fsp3) is 0.294. The monoisotopic (exact) mass is 289 g/mol. The van der Waals surface area contributed by atoms with Crippen LogP contribution in [0.5, 0.6) is 5.75 Å². The van der Waals surface area contributed by atoms with E-state index in [1.165, 1.54) is 17.7 Å². The van der Waals surface area contributed by atoms with Crippen LogP contribution in [0.1, 0.15) is 35.6 Å². The van der Waals surface area contributed by atoms with E-state index in [2.05, 4.69) is 0 Å². The van der Waals surface area contributed by atoms with Gasteiger partial charge in [0.15, 0.2) is 11.6 Å². The lowest BCUT2D eigenvalue weighted by molar-refractivity contribution is 0.296. The molecule has 1 atom stereocenters. The molecular weight excluding hydrogens is 272 g/mol. The lowest BCUT2D eigenvalue weighted by atomic mass is 9.88. The van der Waals surface area contributed by atoms with Gasteiger partial charge in [0, 0.05) is 11.6 Å². The number of hydrogen-bond donors (Lipinski definition) is 1. The summed E-state index contributed by atoms with van der Waals surface area (Å²) >= 11 is 0. The highest BCUT2D eigenvalue weighted by Crippen LogP contribution is 2.30. The molecule has 2 aromatic rings. The minimum atomic E-state index is -0.854. The topological polar surface area (TPSA) is 35.2 Å². The number of ether oxygens (including phenoxy) is 1. The van der Waals surface area contributed by atoms with Gasteiger partial charge in [0.25, 0.3) is 0 Å². The Kier molecular flexibility index (Phi) is 3.88. The summed E-state index contributed by atoms with van der Waals surface area (Å²) in [7, 11) is 0. The second-order valence-electron chi connectivity index (χ2n) is 5.36. The smallest absolute Gasteiger partial charge is 0.165 e. The summed E-state index contributed by atoms with van der Waals surface area (Å²) in [6.07, 6.45) is 3.05. The lowest BCUT2D eigenvalue weighted by Crippen LogP contribution is -2.17. The van der Waals surface area contributed by atoms with E-state index in [0.717, 1.165) is 30.9 Å². The third-order valence-electron chi connectivity index (χ3n) is 3.90. The molecule has 0 saturated heterocycles. The zero-order valence-corrected chi connectivity index (χ0v) is 11.6. The molecule has 0 heterocycles. The molecule has 2 N–H and O–H groups in total. The normalized spacial score (nSPS) is 17.4. The Morgan fingerprint density at radius 3 is 2.90 bits per heavy atom. The molecule has 3 rings (SSSR count). The highest BCUT2D eigenvalue weighted by Gasteiger charge is 2.17. The van der Waals surface area contributed by atoms with Crippen LogP contribution in [0, 0.1) is 11.6 Å². The summed E-state index contributed by atoms with van der Waals surface area (Å²) in [5, 5.41) is 0. The van der Waals surface area contributed by atoms with Crippen LogP contribution in [0.4, 0.5) is 8.78 Å². The Labute approximate surface area is 122 Å². The standard InChI is InChI=1S/C17H17F2NO/c18-15-5-1-4-12(17(15)19)10-21-13-7-8-14-11(9-13)3-2-6-16(14)20/h1,4-5,7-9,16H,2-3,6,10,20H2. The van der Waals surface area contributed by atoms with Crippen molar-refractivity contribution in [3.05, 3.63) is 64.7 Å². The van der Waals surface area contributed by atoms with Crippen LogP contribution in [0.3, 0.4) is 0 Å². The fourth-order valence-corrected chi connectivity index (χ4v) is 2.74. The van der Waals surface area contributed by atoms with Gasteiger partial charge in [0.1, 0.15) is 12.4 Å². The first kappa shape index (κ1) is 14.0. The molecule has 0 aliphatic heterocycles. The van der Waals surface area contributed by atoms with Crippen molar-refractivity contribution in [3.8, 4) is 5.75 Å². The van der Waals surface area contributed by atoms with Crippen LogP contribution in [0.15, 0.2) is 36.4 Å². The van der Waals surface area contributed by atoms with Gasteiger partial charge in [-0.05, 0) is 48.6 Å². The molecule has 2 aromatic carbocycles. The van der Waals surface area contributed by atoms with E-state index in [4.69, 9.17) is 10.5 Å². The van der Waals surface area contributed by atoms with Crippen LogP contribution >= 0.6 is 0 Å². The van der Waals surface area contributed by atoms with Crippen molar-refractivity contribution in [2.24, 2.45) is 5.73 Å². The van der Waals surface area contributed by atoms with Crippen LogP contribution in [0.2, 0.25) is 0 Å². The van der Waals surface area contributed by atoms with Gasteiger partial charge in [0.2, 0.25) is 0 Å². The molecule has 2 nitrogen and oxygen atoms in total. The number of nitrogens with two attached hydrogens (primary N) is 1. The first-order valence-electron chi connectivity index (χ1n) is 7.09. The van der Waals surface area contributed by atoms with Gasteiger partial charge >= 0.3 is 0 Å². The zero-order chi connectivity index (χ0) is 14.8. The van der Waals surface area contributed by atoms with Crippen molar-refractivity contribution < 1.29 is 13.5 Å². The number of hydrogen-bond acceptors (Lipinski definition) is 2. The molecule has 4 heteroatoms. The third kappa shape index (κ3) is 2.90. The Balaban J connectivity index is 1.75. The van der Waals surface area contributed by atoms with Gasteiger partial charge < -0.3 is 10.5 Å². The average molecular weight is 289 g/mol. The van der Waals surface area contributed by atoms with E-state index < -0.39 is 11.6 Å². The van der Waals surface area contributed by atoms with Crippen molar-refractivity contribution in [2.75, 3.05) is 0 Å². The molecule has 1 aliphatic carbocycles. The van der Waals surface area contributed by atoms with Crippen molar-refractivity contribution in [2.45, 2.75) is 31.9 Å². The number of fused-ring (bicyclic) bond motifs is 1. The summed E-state index contributed by atoms with van der Waals surface area (Å²) in [5.74, 6) is -1.04. The Hall–Kier alpha value is -1.94. The summed E-state index contributed by atoms with van der Waals surface area (Å²) in [6, 6.07) is 9.93. The lowest BCUT2D eigenvalue weighted by Gasteiger charge is -2.22. The zero-order valence-electron chi connectivity index (χ0n) is 11.6. The molecule has 0 saturated carbocycles. The van der Waals surface area contributed by atoms with Crippen molar-refractivity contribution in [1.82, 2.24) is 0 Å². The molecule has 0 spiro atoms. The first-order valence-corrected chi connectivity index (χ1v) is 7.09. The van der Waals surface area contributed by atoms with E-state index in [-0.39, 0.29) is 18.2 Å².